The zero-order chi connectivity index (χ0) is 11.7. The topological polar surface area (TPSA) is 61.0 Å². The molecular weight excluding hydrogens is 214 g/mol. The lowest BCUT2D eigenvalue weighted by Gasteiger charge is -2.12. The monoisotopic (exact) mass is 227 g/mol. The Labute approximate surface area is 99.4 Å². The zero-order valence-electron chi connectivity index (χ0n) is 9.34. The molecule has 1 aromatic carbocycles. The molecule has 0 amide bonds. The molecule has 2 heterocycles. The first-order chi connectivity index (χ1) is 8.34. The molecule has 0 fully saturated rings. The maximum Gasteiger partial charge on any atom is 0.122 e. The van der Waals surface area contributed by atoms with E-state index in [0.717, 1.165) is 29.9 Å². The molecule has 2 aromatic rings. The van der Waals surface area contributed by atoms with E-state index in [9.17, 15) is 0 Å². The SMILES string of the molecule is NC(c1ccnnc1)c1ccc2c(c1)CCO2. The van der Waals surface area contributed by atoms with Crippen LogP contribution < -0.4 is 10.5 Å². The number of ether oxygens (including phenoxy) is 1. The highest BCUT2D eigenvalue weighted by molar-refractivity contribution is 5.42. The summed E-state index contributed by atoms with van der Waals surface area (Å²) in [6.07, 6.45) is 4.32. The molecule has 4 nitrogen and oxygen atoms in total. The predicted molar refractivity (Wildman–Crippen MR) is 63.7 cm³/mol. The van der Waals surface area contributed by atoms with E-state index in [1.807, 2.05) is 18.2 Å². The van der Waals surface area contributed by atoms with Gasteiger partial charge < -0.3 is 10.5 Å². The molecule has 0 bridgehead atoms. The van der Waals surface area contributed by atoms with Crippen molar-refractivity contribution in [1.82, 2.24) is 10.2 Å². The highest BCUT2D eigenvalue weighted by Gasteiger charge is 2.15. The first kappa shape index (κ1) is 10.2. The van der Waals surface area contributed by atoms with Crippen LogP contribution in [0.15, 0.2) is 36.7 Å². The van der Waals surface area contributed by atoms with Gasteiger partial charge in [0.1, 0.15) is 5.75 Å². The summed E-state index contributed by atoms with van der Waals surface area (Å²) >= 11 is 0. The molecule has 4 heteroatoms. The highest BCUT2D eigenvalue weighted by atomic mass is 16.5. The summed E-state index contributed by atoms with van der Waals surface area (Å²) in [5.74, 6) is 0.980. The van der Waals surface area contributed by atoms with Crippen LogP contribution in [-0.4, -0.2) is 16.8 Å². The molecule has 0 saturated heterocycles. The van der Waals surface area contributed by atoms with Crippen molar-refractivity contribution in [3.63, 3.8) is 0 Å². The van der Waals surface area contributed by atoms with Crippen LogP contribution in [-0.2, 0) is 6.42 Å². The van der Waals surface area contributed by atoms with Gasteiger partial charge in [0.05, 0.1) is 18.8 Å². The summed E-state index contributed by atoms with van der Waals surface area (Å²) in [5.41, 5.74) is 9.49. The Morgan fingerprint density at radius 3 is 2.94 bits per heavy atom. The first-order valence-corrected chi connectivity index (χ1v) is 5.62. The Morgan fingerprint density at radius 2 is 2.12 bits per heavy atom. The van der Waals surface area contributed by atoms with E-state index in [1.54, 1.807) is 12.4 Å². The average molecular weight is 227 g/mol. The molecule has 1 atom stereocenters. The Kier molecular flexibility index (Phi) is 2.49. The normalized spacial score (nSPS) is 15.1. The van der Waals surface area contributed by atoms with Gasteiger partial charge in [-0.25, -0.2) is 0 Å². The average Bonchev–Trinajstić information content (AvgIpc) is 2.86. The van der Waals surface area contributed by atoms with Gasteiger partial charge in [-0.2, -0.15) is 10.2 Å². The van der Waals surface area contributed by atoms with Gasteiger partial charge in [0.15, 0.2) is 0 Å². The maximum atomic E-state index is 6.20. The molecule has 0 saturated carbocycles. The van der Waals surface area contributed by atoms with Gasteiger partial charge in [-0.05, 0) is 28.8 Å². The van der Waals surface area contributed by atoms with Crippen LogP contribution in [0.5, 0.6) is 5.75 Å². The maximum absolute atomic E-state index is 6.20. The summed E-state index contributed by atoms with van der Waals surface area (Å²) in [7, 11) is 0. The van der Waals surface area contributed by atoms with Gasteiger partial charge in [0, 0.05) is 12.6 Å². The summed E-state index contributed by atoms with van der Waals surface area (Å²) in [6.45, 7) is 0.769. The molecule has 2 N–H and O–H groups in total. The second-order valence-corrected chi connectivity index (χ2v) is 4.12. The van der Waals surface area contributed by atoms with E-state index >= 15 is 0 Å². The number of hydrogen-bond acceptors (Lipinski definition) is 4. The molecular formula is C13H13N3O. The van der Waals surface area contributed by atoms with E-state index in [-0.39, 0.29) is 6.04 Å². The third-order valence-corrected chi connectivity index (χ3v) is 3.04. The van der Waals surface area contributed by atoms with Crippen LogP contribution in [0.4, 0.5) is 0 Å². The molecule has 17 heavy (non-hydrogen) atoms. The molecule has 1 aliphatic rings. The lowest BCUT2D eigenvalue weighted by atomic mass is 9.99. The van der Waals surface area contributed by atoms with Crippen LogP contribution in [0.25, 0.3) is 0 Å². The second-order valence-electron chi connectivity index (χ2n) is 4.12. The fourth-order valence-corrected chi connectivity index (χ4v) is 2.08. The third-order valence-electron chi connectivity index (χ3n) is 3.04. The molecule has 0 spiro atoms. The number of fused-ring (bicyclic) bond motifs is 1. The lowest BCUT2D eigenvalue weighted by molar-refractivity contribution is 0.357. The number of hydrogen-bond donors (Lipinski definition) is 1. The number of nitrogens with two attached hydrogens (primary N) is 1. The summed E-state index contributed by atoms with van der Waals surface area (Å²) < 4.78 is 5.48. The van der Waals surface area contributed by atoms with Crippen molar-refractivity contribution in [2.45, 2.75) is 12.5 Å². The smallest absolute Gasteiger partial charge is 0.122 e. The number of rotatable bonds is 2. The van der Waals surface area contributed by atoms with Gasteiger partial charge in [-0.15, -0.1) is 0 Å². The lowest BCUT2D eigenvalue weighted by Crippen LogP contribution is -2.12. The minimum atomic E-state index is -0.156. The van der Waals surface area contributed by atoms with Gasteiger partial charge >= 0.3 is 0 Å². The standard InChI is InChI=1S/C13H13N3O/c14-13(11-3-5-15-16-8-11)10-1-2-12-9(7-10)4-6-17-12/h1-3,5,7-8,13H,4,6,14H2. The minimum absolute atomic E-state index is 0.156. The van der Waals surface area contributed by atoms with Crippen LogP contribution in [0, 0.1) is 0 Å². The van der Waals surface area contributed by atoms with Gasteiger partial charge in [0.25, 0.3) is 0 Å². The number of nitrogens with zero attached hydrogens (tertiary/aromatic N) is 2. The molecule has 1 aliphatic heterocycles. The van der Waals surface area contributed by atoms with Crippen LogP contribution in [0.2, 0.25) is 0 Å². The van der Waals surface area contributed by atoms with Gasteiger partial charge in [-0.3, -0.25) is 0 Å². The largest absolute Gasteiger partial charge is 0.493 e. The van der Waals surface area contributed by atoms with Crippen LogP contribution in [0.1, 0.15) is 22.7 Å². The fraction of sp³-hybridized carbons (Fsp3) is 0.231. The van der Waals surface area contributed by atoms with E-state index in [1.165, 1.54) is 5.56 Å². The fourth-order valence-electron chi connectivity index (χ4n) is 2.08. The molecule has 0 radical (unpaired) electrons. The Morgan fingerprint density at radius 1 is 1.18 bits per heavy atom. The Hall–Kier alpha value is -1.94. The van der Waals surface area contributed by atoms with Gasteiger partial charge in [0.2, 0.25) is 0 Å². The minimum Gasteiger partial charge on any atom is -0.493 e. The molecule has 1 unspecified atom stereocenters. The molecule has 3 rings (SSSR count). The van der Waals surface area contributed by atoms with E-state index in [4.69, 9.17) is 10.5 Å². The van der Waals surface area contributed by atoms with Crippen LogP contribution >= 0.6 is 0 Å². The number of benzene rings is 1. The van der Waals surface area contributed by atoms with Crippen LogP contribution in [0.3, 0.4) is 0 Å². The van der Waals surface area contributed by atoms with Crippen molar-refractivity contribution in [2.75, 3.05) is 6.61 Å². The summed E-state index contributed by atoms with van der Waals surface area (Å²) in [6, 6.07) is 7.85. The summed E-state index contributed by atoms with van der Waals surface area (Å²) in [4.78, 5) is 0. The van der Waals surface area contributed by atoms with Crippen molar-refractivity contribution in [3.8, 4) is 5.75 Å². The molecule has 1 aromatic heterocycles. The molecule has 0 aliphatic carbocycles. The van der Waals surface area contributed by atoms with Crippen molar-refractivity contribution in [2.24, 2.45) is 5.73 Å². The van der Waals surface area contributed by atoms with Crippen molar-refractivity contribution in [1.29, 1.82) is 0 Å². The summed E-state index contributed by atoms with van der Waals surface area (Å²) in [5, 5.41) is 7.60. The van der Waals surface area contributed by atoms with Gasteiger partial charge in [-0.1, -0.05) is 12.1 Å². The van der Waals surface area contributed by atoms with E-state index in [2.05, 4.69) is 16.3 Å². The quantitative estimate of drug-likeness (QED) is 0.843. The Balaban J connectivity index is 1.94. The first-order valence-electron chi connectivity index (χ1n) is 5.62. The van der Waals surface area contributed by atoms with Crippen molar-refractivity contribution in [3.05, 3.63) is 53.3 Å². The third kappa shape index (κ3) is 1.87. The zero-order valence-corrected chi connectivity index (χ0v) is 9.34. The van der Waals surface area contributed by atoms with E-state index in [0.29, 0.717) is 0 Å². The Bertz CT molecular complexity index is 527. The second kappa shape index (κ2) is 4.14. The van der Waals surface area contributed by atoms with Crippen molar-refractivity contribution >= 4 is 0 Å². The van der Waals surface area contributed by atoms with Crippen molar-refractivity contribution < 1.29 is 4.74 Å². The van der Waals surface area contributed by atoms with E-state index < -0.39 is 0 Å². The molecule has 86 valence electrons. The highest BCUT2D eigenvalue weighted by Crippen LogP contribution is 2.29. The predicted octanol–water partition coefficient (Wildman–Crippen LogP) is 1.46. The number of aromatic nitrogens is 2.